The fraction of sp³-hybridized carbons (Fsp3) is 0.545. The number of amides is 2. The summed E-state index contributed by atoms with van der Waals surface area (Å²) in [5.74, 6) is 6.28. The molecule has 0 aliphatic carbocycles. The Morgan fingerprint density at radius 1 is 1.22 bits per heavy atom. The smallest absolute Gasteiger partial charge is 0.411 e. The number of aromatic nitrogens is 2. The highest BCUT2D eigenvalue weighted by Gasteiger charge is 2.39. The van der Waals surface area contributed by atoms with Crippen LogP contribution < -0.4 is 0 Å². The zero-order valence-corrected chi connectivity index (χ0v) is 19.8. The van der Waals surface area contributed by atoms with E-state index in [9.17, 15) is 9.59 Å². The molecule has 8 nitrogen and oxygen atoms in total. The summed E-state index contributed by atoms with van der Waals surface area (Å²) in [6, 6.07) is 1.41. The number of hydrogen-bond acceptors (Lipinski definition) is 7. The first-order valence-electron chi connectivity index (χ1n) is 10.6. The molecule has 0 bridgehead atoms. The summed E-state index contributed by atoms with van der Waals surface area (Å²) in [5, 5.41) is 0.387. The molecule has 170 valence electrons. The normalized spacial score (nSPS) is 20.9. The topological polar surface area (TPSA) is 84.9 Å². The monoisotopic (exact) mass is 476 g/mol. The van der Waals surface area contributed by atoms with E-state index in [-0.39, 0.29) is 12.6 Å². The van der Waals surface area contributed by atoms with E-state index in [0.29, 0.717) is 24.7 Å². The van der Waals surface area contributed by atoms with Gasteiger partial charge in [-0.3, -0.25) is 4.90 Å². The molecular weight excluding hydrogens is 452 g/mol. The van der Waals surface area contributed by atoms with Crippen LogP contribution in [-0.2, 0) is 9.47 Å². The third kappa shape index (κ3) is 5.25. The number of thiophene rings is 1. The number of halogens is 1. The molecule has 0 N–H and O–H groups in total. The van der Waals surface area contributed by atoms with Crippen molar-refractivity contribution in [2.24, 2.45) is 0 Å². The molecule has 0 spiro atoms. The van der Waals surface area contributed by atoms with Crippen LogP contribution in [0.1, 0.15) is 44.9 Å². The Morgan fingerprint density at radius 2 is 1.97 bits per heavy atom. The highest BCUT2D eigenvalue weighted by Crippen LogP contribution is 2.29. The van der Waals surface area contributed by atoms with Gasteiger partial charge >= 0.3 is 12.2 Å². The minimum atomic E-state index is -0.639. The lowest BCUT2D eigenvalue weighted by atomic mass is 10.2. The van der Waals surface area contributed by atoms with Gasteiger partial charge in [0.15, 0.2) is 0 Å². The lowest BCUT2D eigenvalue weighted by molar-refractivity contribution is 0.0219. The minimum Gasteiger partial charge on any atom is -0.444 e. The van der Waals surface area contributed by atoms with Crippen molar-refractivity contribution >= 4 is 45.3 Å². The first-order chi connectivity index (χ1) is 15.2. The highest BCUT2D eigenvalue weighted by molar-refractivity contribution is 7.20. The molecule has 0 aromatic carbocycles. The summed E-state index contributed by atoms with van der Waals surface area (Å²) < 4.78 is 12.0. The second-order valence-corrected chi connectivity index (χ2v) is 10.3. The van der Waals surface area contributed by atoms with Gasteiger partial charge in [0.05, 0.1) is 21.6 Å². The van der Waals surface area contributed by atoms with Gasteiger partial charge in [-0.1, -0.05) is 23.4 Å². The van der Waals surface area contributed by atoms with Crippen LogP contribution in [0.3, 0.4) is 0 Å². The Bertz CT molecular complexity index is 1080. The molecule has 0 radical (unpaired) electrons. The van der Waals surface area contributed by atoms with Crippen LogP contribution in [0.4, 0.5) is 9.59 Å². The molecule has 2 amide bonds. The van der Waals surface area contributed by atoms with Gasteiger partial charge in [0.2, 0.25) is 0 Å². The Hall–Kier alpha value is -2.57. The van der Waals surface area contributed by atoms with Crippen molar-refractivity contribution < 1.29 is 19.1 Å². The molecule has 2 aliphatic rings. The van der Waals surface area contributed by atoms with Crippen molar-refractivity contribution in [1.29, 1.82) is 0 Å². The number of nitrogens with zero attached hydrogens (tertiary/aromatic N) is 4. The van der Waals surface area contributed by atoms with Gasteiger partial charge in [0, 0.05) is 19.5 Å². The summed E-state index contributed by atoms with van der Waals surface area (Å²) in [4.78, 5) is 37.5. The van der Waals surface area contributed by atoms with Crippen LogP contribution in [0.5, 0.6) is 0 Å². The van der Waals surface area contributed by atoms with E-state index < -0.39 is 23.8 Å². The zero-order valence-electron chi connectivity index (χ0n) is 18.3. The molecule has 2 saturated heterocycles. The fourth-order valence-corrected chi connectivity index (χ4v) is 4.81. The molecule has 10 heteroatoms. The van der Waals surface area contributed by atoms with Crippen LogP contribution in [-0.4, -0.2) is 69.3 Å². The van der Waals surface area contributed by atoms with E-state index >= 15 is 0 Å². The van der Waals surface area contributed by atoms with E-state index in [1.807, 2.05) is 26.8 Å². The van der Waals surface area contributed by atoms with Gasteiger partial charge in [-0.05, 0) is 39.7 Å². The number of fused-ring (bicyclic) bond motifs is 1. The molecule has 1 unspecified atom stereocenters. The Balaban J connectivity index is 1.52. The first kappa shape index (κ1) is 22.6. The minimum absolute atomic E-state index is 0.248. The number of likely N-dealkylation sites (tertiary alicyclic amines) is 2. The van der Waals surface area contributed by atoms with Gasteiger partial charge < -0.3 is 14.4 Å². The standard InChI is InChI=1S/C22H25ClN4O4S/c1-22(2,3)31-21(29)27-12-15(30-20(28)26-8-4-5-9-26)10-14(27)6-7-16-11-17-18(32-16)19(23)25-13-24-17/h11,13-15H,4-5,8-10,12H2,1-3H3/t14-,15?/m0/s1. The van der Waals surface area contributed by atoms with Crippen molar-refractivity contribution in [1.82, 2.24) is 19.8 Å². The Morgan fingerprint density at radius 3 is 2.66 bits per heavy atom. The summed E-state index contributed by atoms with van der Waals surface area (Å²) >= 11 is 7.53. The SMILES string of the molecule is CC(C)(C)OC(=O)N1CC(OC(=O)N2CCCC2)C[C@@H]1C#Cc1cc2ncnc(Cl)c2s1. The molecule has 2 atom stereocenters. The lowest BCUT2D eigenvalue weighted by Crippen LogP contribution is -2.40. The van der Waals surface area contributed by atoms with E-state index in [1.165, 1.54) is 17.7 Å². The number of carbonyl (C=O) groups is 2. The summed E-state index contributed by atoms with van der Waals surface area (Å²) in [6.45, 7) is 7.11. The molecule has 2 fully saturated rings. The molecule has 0 saturated carbocycles. The molecule has 2 aromatic heterocycles. The molecule has 2 aliphatic heterocycles. The van der Waals surface area contributed by atoms with Crippen LogP contribution in [0.15, 0.2) is 12.4 Å². The third-order valence-electron chi connectivity index (χ3n) is 5.15. The number of hydrogen-bond donors (Lipinski definition) is 0. The second-order valence-electron chi connectivity index (χ2n) is 8.84. The van der Waals surface area contributed by atoms with Crippen molar-refractivity contribution in [3.05, 3.63) is 22.4 Å². The van der Waals surface area contributed by atoms with Crippen molar-refractivity contribution in [2.75, 3.05) is 19.6 Å². The van der Waals surface area contributed by atoms with Gasteiger partial charge in [0.25, 0.3) is 0 Å². The van der Waals surface area contributed by atoms with Gasteiger partial charge in [0.1, 0.15) is 29.2 Å². The highest BCUT2D eigenvalue weighted by atomic mass is 35.5. The Labute approximate surface area is 195 Å². The molecule has 32 heavy (non-hydrogen) atoms. The average Bonchev–Trinajstić information content (AvgIpc) is 3.45. The largest absolute Gasteiger partial charge is 0.444 e. The van der Waals surface area contributed by atoms with Crippen LogP contribution >= 0.6 is 22.9 Å². The average molecular weight is 477 g/mol. The summed E-state index contributed by atoms with van der Waals surface area (Å²) in [7, 11) is 0. The van der Waals surface area contributed by atoms with E-state index in [1.54, 1.807) is 9.80 Å². The number of rotatable bonds is 1. The van der Waals surface area contributed by atoms with Crippen LogP contribution in [0.25, 0.3) is 10.2 Å². The molecular formula is C22H25ClN4O4S. The third-order valence-corrected chi connectivity index (χ3v) is 6.60. The van der Waals surface area contributed by atoms with Gasteiger partial charge in [-0.2, -0.15) is 0 Å². The maximum absolute atomic E-state index is 12.8. The second kappa shape index (κ2) is 9.12. The number of ether oxygens (including phenoxy) is 2. The van der Waals surface area contributed by atoms with Crippen LogP contribution in [0, 0.1) is 11.8 Å². The van der Waals surface area contributed by atoms with E-state index in [0.717, 1.165) is 27.9 Å². The van der Waals surface area contributed by atoms with Gasteiger partial charge in [-0.25, -0.2) is 19.6 Å². The van der Waals surface area contributed by atoms with Crippen molar-refractivity contribution in [3.8, 4) is 11.8 Å². The van der Waals surface area contributed by atoms with Crippen molar-refractivity contribution in [2.45, 2.75) is 57.8 Å². The predicted octanol–water partition coefficient (Wildman–Crippen LogP) is 4.31. The maximum Gasteiger partial charge on any atom is 0.411 e. The van der Waals surface area contributed by atoms with Gasteiger partial charge in [-0.15, -0.1) is 11.3 Å². The summed E-state index contributed by atoms with van der Waals surface area (Å²) in [5.41, 5.74) is 0.0902. The zero-order chi connectivity index (χ0) is 22.9. The lowest BCUT2D eigenvalue weighted by Gasteiger charge is -2.26. The fourth-order valence-electron chi connectivity index (χ4n) is 3.70. The molecule has 2 aromatic rings. The van der Waals surface area contributed by atoms with Crippen molar-refractivity contribution in [3.63, 3.8) is 0 Å². The number of carbonyl (C=O) groups excluding carboxylic acids is 2. The molecule has 4 heterocycles. The quantitative estimate of drug-likeness (QED) is 0.450. The summed E-state index contributed by atoms with van der Waals surface area (Å²) in [6.07, 6.45) is 2.58. The first-order valence-corrected chi connectivity index (χ1v) is 11.8. The maximum atomic E-state index is 12.8. The van der Waals surface area contributed by atoms with E-state index in [2.05, 4.69) is 21.8 Å². The van der Waals surface area contributed by atoms with E-state index in [4.69, 9.17) is 21.1 Å². The Kier molecular flexibility index (Phi) is 6.45. The predicted molar refractivity (Wildman–Crippen MR) is 122 cm³/mol. The van der Waals surface area contributed by atoms with Crippen LogP contribution in [0.2, 0.25) is 5.15 Å². The molecule has 4 rings (SSSR count).